The van der Waals surface area contributed by atoms with E-state index in [1.807, 2.05) is 12.1 Å². The number of thioether (sulfide) groups is 1. The highest BCUT2D eigenvalue weighted by Crippen LogP contribution is 2.44. The average molecular weight is 353 g/mol. The van der Waals surface area contributed by atoms with Crippen LogP contribution in [-0.4, -0.2) is 21.3 Å². The van der Waals surface area contributed by atoms with Crippen LogP contribution in [0.4, 0.5) is 0 Å². The first-order valence-electron chi connectivity index (χ1n) is 7.66. The molecule has 2 atom stereocenters. The molecule has 0 fully saturated rings. The summed E-state index contributed by atoms with van der Waals surface area (Å²) in [4.78, 5) is 12.4. The zero-order chi connectivity index (χ0) is 17.2. The van der Waals surface area contributed by atoms with Crippen molar-refractivity contribution in [1.29, 1.82) is 0 Å². The molecule has 3 N–H and O–H groups in total. The van der Waals surface area contributed by atoms with E-state index in [1.54, 1.807) is 11.8 Å². The Balaban J connectivity index is 2.45. The molecule has 2 rings (SSSR count). The Morgan fingerprint density at radius 3 is 2.35 bits per heavy atom. The topological polar surface area (TPSA) is 61.4 Å². The fourth-order valence-electron chi connectivity index (χ4n) is 2.37. The number of amides is 1. The molecule has 6 heteroatoms. The van der Waals surface area contributed by atoms with Gasteiger partial charge in [-0.15, -0.1) is 24.4 Å². The van der Waals surface area contributed by atoms with Crippen LogP contribution in [0.1, 0.15) is 44.1 Å². The minimum absolute atomic E-state index is 0.0700. The van der Waals surface area contributed by atoms with E-state index in [9.17, 15) is 9.90 Å². The molecule has 1 aliphatic heterocycles. The van der Waals surface area contributed by atoms with Crippen molar-refractivity contribution >= 4 is 30.3 Å². The van der Waals surface area contributed by atoms with E-state index < -0.39 is 5.50 Å². The maximum absolute atomic E-state index is 12.4. The third-order valence-electron chi connectivity index (χ3n) is 3.47. The van der Waals surface area contributed by atoms with Crippen LogP contribution >= 0.6 is 24.4 Å². The molecule has 1 aliphatic rings. The zero-order valence-corrected chi connectivity index (χ0v) is 15.6. The van der Waals surface area contributed by atoms with Crippen LogP contribution in [0.3, 0.4) is 0 Å². The second kappa shape index (κ2) is 7.09. The molecule has 1 heterocycles. The van der Waals surface area contributed by atoms with Crippen LogP contribution < -0.4 is 10.6 Å². The summed E-state index contributed by atoms with van der Waals surface area (Å²) in [5.74, 6) is -0.391. The fraction of sp³-hybridized carbons (Fsp3) is 0.471. The van der Waals surface area contributed by atoms with Gasteiger partial charge in [-0.25, -0.2) is 0 Å². The first-order valence-corrected chi connectivity index (χ1v) is 9.06. The quantitative estimate of drug-likeness (QED) is 0.626. The minimum atomic E-state index is -0.575. The van der Waals surface area contributed by atoms with Crippen LogP contribution in [0.5, 0.6) is 0 Å². The van der Waals surface area contributed by atoms with Crippen molar-refractivity contribution in [3.63, 3.8) is 0 Å². The average Bonchev–Trinajstić information content (AvgIpc) is 2.44. The normalized spacial score (nSPS) is 20.0. The summed E-state index contributed by atoms with van der Waals surface area (Å²) in [5, 5.41) is 15.5. The number of aliphatic hydroxyl groups excluding tert-OH is 1. The lowest BCUT2D eigenvalue weighted by Gasteiger charge is -2.31. The summed E-state index contributed by atoms with van der Waals surface area (Å²) >= 11 is 5.78. The first kappa shape index (κ1) is 18.1. The van der Waals surface area contributed by atoms with Gasteiger partial charge in [-0.1, -0.05) is 52.0 Å². The van der Waals surface area contributed by atoms with Crippen molar-refractivity contribution in [2.24, 2.45) is 0 Å². The van der Waals surface area contributed by atoms with Crippen molar-refractivity contribution < 1.29 is 9.90 Å². The number of hydrogen-bond acceptors (Lipinski definition) is 5. The van der Waals surface area contributed by atoms with Gasteiger partial charge in [0.25, 0.3) is 5.91 Å². The van der Waals surface area contributed by atoms with E-state index in [0.29, 0.717) is 5.57 Å². The Morgan fingerprint density at radius 1 is 1.26 bits per heavy atom. The van der Waals surface area contributed by atoms with Gasteiger partial charge in [-0.05, 0) is 17.5 Å². The number of rotatable bonds is 4. The number of nitrogens with one attached hydrogen (secondary N) is 2. The summed E-state index contributed by atoms with van der Waals surface area (Å²) < 4.78 is -0.0700. The lowest BCUT2D eigenvalue weighted by Crippen LogP contribution is -2.48. The zero-order valence-electron chi connectivity index (χ0n) is 13.9. The number of carbonyl (C=O) groups excluding carboxylic acids is 1. The van der Waals surface area contributed by atoms with Crippen LogP contribution in [0, 0.1) is 0 Å². The number of benzene rings is 1. The molecule has 0 saturated carbocycles. The molecule has 0 radical (unpaired) electrons. The van der Waals surface area contributed by atoms with Crippen LogP contribution in [0.15, 0.2) is 35.7 Å². The van der Waals surface area contributed by atoms with Crippen molar-refractivity contribution in [2.75, 3.05) is 0 Å². The van der Waals surface area contributed by atoms with Gasteiger partial charge in [0.15, 0.2) is 5.88 Å². The molecule has 1 aromatic rings. The Labute approximate surface area is 147 Å². The molecule has 1 amide bonds. The predicted octanol–water partition coefficient (Wildman–Crippen LogP) is 3.52. The lowest BCUT2D eigenvalue weighted by atomic mass is 10.0. The van der Waals surface area contributed by atoms with Gasteiger partial charge < -0.3 is 15.7 Å². The van der Waals surface area contributed by atoms with Crippen LogP contribution in [0.25, 0.3) is 0 Å². The largest absolute Gasteiger partial charge is 0.494 e. The van der Waals surface area contributed by atoms with Gasteiger partial charge >= 0.3 is 0 Å². The van der Waals surface area contributed by atoms with E-state index in [4.69, 9.17) is 0 Å². The Bertz CT molecular complexity index is 606. The molecular formula is C17H24N2O2S2. The van der Waals surface area contributed by atoms with Crippen molar-refractivity contribution in [2.45, 2.75) is 49.6 Å². The summed E-state index contributed by atoms with van der Waals surface area (Å²) in [5.41, 5.74) is 2.01. The Morgan fingerprint density at radius 2 is 1.87 bits per heavy atom. The molecule has 0 aliphatic carbocycles. The minimum Gasteiger partial charge on any atom is -0.494 e. The van der Waals surface area contributed by atoms with Gasteiger partial charge in [0.2, 0.25) is 0 Å². The maximum atomic E-state index is 12.4. The van der Waals surface area contributed by atoms with E-state index in [2.05, 4.69) is 63.1 Å². The van der Waals surface area contributed by atoms with E-state index in [-0.39, 0.29) is 21.8 Å². The molecule has 0 unspecified atom stereocenters. The second-order valence-electron chi connectivity index (χ2n) is 6.49. The van der Waals surface area contributed by atoms with E-state index in [0.717, 1.165) is 12.0 Å². The smallest absolute Gasteiger partial charge is 0.256 e. The summed E-state index contributed by atoms with van der Waals surface area (Å²) in [6.07, 6.45) is 0.967. The van der Waals surface area contributed by atoms with Gasteiger partial charge in [-0.2, -0.15) is 0 Å². The molecule has 0 saturated heterocycles. The summed E-state index contributed by atoms with van der Waals surface area (Å²) in [6.45, 7) is 8.39. The molecule has 0 aromatic heterocycles. The van der Waals surface area contributed by atoms with E-state index in [1.165, 1.54) is 5.56 Å². The van der Waals surface area contributed by atoms with Crippen molar-refractivity contribution in [1.82, 2.24) is 10.6 Å². The highest BCUT2D eigenvalue weighted by Gasteiger charge is 2.34. The molecule has 23 heavy (non-hydrogen) atoms. The molecule has 4 nitrogen and oxygen atoms in total. The van der Waals surface area contributed by atoms with Gasteiger partial charge in [0.05, 0.1) is 10.8 Å². The standard InChI is InChI=1S/C17H24N2O2S2/c1-5-10-6-8-11(9-7-10)13(23-17(2,3)4)12-14(20)18-16(22)19-15(12)21/h6-9,13,16,18,20,22H,5H2,1-4H3,(H,19,21)/t13-,16+/m1/s1. The van der Waals surface area contributed by atoms with Gasteiger partial charge in [-0.3, -0.25) is 4.79 Å². The third kappa shape index (κ3) is 4.61. The van der Waals surface area contributed by atoms with Crippen LogP contribution in [-0.2, 0) is 11.2 Å². The molecule has 126 valence electrons. The summed E-state index contributed by atoms with van der Waals surface area (Å²) in [6, 6.07) is 8.20. The molecule has 0 bridgehead atoms. The molecular weight excluding hydrogens is 328 g/mol. The van der Waals surface area contributed by atoms with Gasteiger partial charge in [0.1, 0.15) is 5.50 Å². The number of hydrogen-bond donors (Lipinski definition) is 4. The third-order valence-corrected chi connectivity index (χ3v) is 5.17. The second-order valence-corrected chi connectivity index (χ2v) is 8.94. The fourth-order valence-corrected chi connectivity index (χ4v) is 3.95. The number of carbonyl (C=O) groups is 1. The molecule has 1 aromatic carbocycles. The SMILES string of the molecule is CCc1ccc([C@@H](SC(C)(C)C)C2=C(O)N[C@H](S)NC2=O)cc1. The number of thiol groups is 1. The predicted molar refractivity (Wildman–Crippen MR) is 99.6 cm³/mol. The van der Waals surface area contributed by atoms with Crippen molar-refractivity contribution in [3.05, 3.63) is 46.8 Å². The maximum Gasteiger partial charge on any atom is 0.256 e. The highest BCUT2D eigenvalue weighted by atomic mass is 32.2. The number of aryl methyl sites for hydroxylation is 1. The lowest BCUT2D eigenvalue weighted by molar-refractivity contribution is -0.118. The first-order chi connectivity index (χ1) is 10.7. The monoisotopic (exact) mass is 352 g/mol. The Hall–Kier alpha value is -1.27. The highest BCUT2D eigenvalue weighted by molar-refractivity contribution is 8.01. The van der Waals surface area contributed by atoms with Crippen molar-refractivity contribution in [3.8, 4) is 0 Å². The Kier molecular flexibility index (Phi) is 5.57. The van der Waals surface area contributed by atoms with Crippen LogP contribution in [0.2, 0.25) is 0 Å². The van der Waals surface area contributed by atoms with E-state index >= 15 is 0 Å². The molecule has 0 spiro atoms. The van der Waals surface area contributed by atoms with Gasteiger partial charge in [0, 0.05) is 4.75 Å². The summed E-state index contributed by atoms with van der Waals surface area (Å²) in [7, 11) is 0. The number of aliphatic hydroxyl groups is 1.